The van der Waals surface area contributed by atoms with Gasteiger partial charge in [-0.1, -0.05) is 12.8 Å². The van der Waals surface area contributed by atoms with E-state index in [9.17, 15) is 0 Å². The first kappa shape index (κ1) is 13.1. The molecule has 0 unspecified atom stereocenters. The normalized spacial score (nSPS) is 9.86. The number of methoxy groups -OCH3 is 1. The van der Waals surface area contributed by atoms with Crippen molar-refractivity contribution >= 4 is 11.6 Å². The molecule has 0 saturated heterocycles. The van der Waals surface area contributed by atoms with Gasteiger partial charge in [-0.2, -0.15) is 0 Å². The minimum Gasteiger partial charge on any atom is -0.451 e. The van der Waals surface area contributed by atoms with Crippen LogP contribution in [0.2, 0.25) is 0 Å². The number of nitrogens with one attached hydrogen (secondary N) is 1. The van der Waals surface area contributed by atoms with Crippen molar-refractivity contribution in [3.63, 3.8) is 0 Å². The van der Waals surface area contributed by atoms with E-state index < -0.39 is 0 Å². The van der Waals surface area contributed by atoms with Crippen LogP contribution in [0.4, 0.5) is 0 Å². The molecule has 82 valence electrons. The van der Waals surface area contributed by atoms with Gasteiger partial charge in [-0.3, -0.25) is 0 Å². The van der Waals surface area contributed by atoms with E-state index in [0.29, 0.717) is 18.0 Å². The van der Waals surface area contributed by atoms with Gasteiger partial charge < -0.3 is 15.3 Å². The molecule has 0 spiro atoms. The standard InChI is InChI=1S/C10H20N2O2/c1-14-10(12)7-5-3-2-4-6-9(11)8-13/h11-13H,2-8H2,1H3/p+1. The van der Waals surface area contributed by atoms with Gasteiger partial charge in [0.25, 0.3) is 0 Å². The van der Waals surface area contributed by atoms with Crippen molar-refractivity contribution in [3.05, 3.63) is 0 Å². The maximum absolute atomic E-state index is 8.58. The molecule has 0 amide bonds. The molecule has 0 aliphatic heterocycles. The highest BCUT2D eigenvalue weighted by Gasteiger charge is 2.00. The summed E-state index contributed by atoms with van der Waals surface area (Å²) in [6.07, 6.45) is 5.72. The molecular formula is C10H21N2O2+. The monoisotopic (exact) mass is 201 g/mol. The first-order valence-electron chi connectivity index (χ1n) is 5.03. The van der Waals surface area contributed by atoms with E-state index in [1.807, 2.05) is 0 Å². The van der Waals surface area contributed by atoms with Crippen LogP contribution in [0.5, 0.6) is 0 Å². The van der Waals surface area contributed by atoms with Crippen LogP contribution in [0.25, 0.3) is 0 Å². The lowest BCUT2D eigenvalue weighted by Crippen LogP contribution is -2.40. The second-order valence-electron chi connectivity index (χ2n) is 3.35. The van der Waals surface area contributed by atoms with Gasteiger partial charge in [0.1, 0.15) is 0 Å². The molecule has 14 heavy (non-hydrogen) atoms. The molecular weight excluding hydrogens is 180 g/mol. The summed E-state index contributed by atoms with van der Waals surface area (Å²) in [4.78, 5) is 0. The van der Waals surface area contributed by atoms with Crippen LogP contribution in [0.15, 0.2) is 0 Å². The summed E-state index contributed by atoms with van der Waals surface area (Å²) in [5.41, 5.74) is 0.424. The molecule has 0 atom stereocenters. The molecule has 0 radical (unpaired) electrons. The molecule has 0 saturated carbocycles. The fourth-order valence-corrected chi connectivity index (χ4v) is 1.17. The average molecular weight is 201 g/mol. The Hall–Kier alpha value is -0.900. The van der Waals surface area contributed by atoms with Gasteiger partial charge in [0.05, 0.1) is 20.1 Å². The molecule has 0 aromatic heterocycles. The molecule has 0 aromatic carbocycles. The van der Waals surface area contributed by atoms with Crippen LogP contribution in [-0.4, -0.2) is 30.4 Å². The largest absolute Gasteiger partial charge is 0.451 e. The van der Waals surface area contributed by atoms with Gasteiger partial charge in [-0.05, 0) is 19.3 Å². The second kappa shape index (κ2) is 8.69. The van der Waals surface area contributed by atoms with Crippen molar-refractivity contribution < 1.29 is 15.3 Å². The molecule has 0 bridgehead atoms. The summed E-state index contributed by atoms with van der Waals surface area (Å²) in [6.45, 7) is -0.107. The highest BCUT2D eigenvalue weighted by Crippen LogP contribution is 2.05. The van der Waals surface area contributed by atoms with E-state index in [2.05, 4.69) is 0 Å². The van der Waals surface area contributed by atoms with Gasteiger partial charge in [0.2, 0.25) is 0 Å². The number of hydrogen-bond donors (Lipinski definition) is 3. The van der Waals surface area contributed by atoms with Crippen LogP contribution < -0.4 is 5.41 Å². The van der Waals surface area contributed by atoms with E-state index in [0.717, 1.165) is 32.1 Å². The van der Waals surface area contributed by atoms with E-state index in [4.69, 9.17) is 20.7 Å². The number of rotatable bonds is 8. The van der Waals surface area contributed by atoms with Crippen molar-refractivity contribution in [1.82, 2.24) is 0 Å². The number of aliphatic hydroxyl groups excluding tert-OH is 1. The zero-order valence-electron chi connectivity index (χ0n) is 8.88. The fourth-order valence-electron chi connectivity index (χ4n) is 1.17. The van der Waals surface area contributed by atoms with E-state index in [1.165, 1.54) is 0 Å². The number of nitrogens with two attached hydrogens (primary N) is 1. The van der Waals surface area contributed by atoms with Crippen molar-refractivity contribution in [2.75, 3.05) is 13.7 Å². The van der Waals surface area contributed by atoms with Crippen molar-refractivity contribution in [3.8, 4) is 0 Å². The fraction of sp³-hybridized carbons (Fsp3) is 0.800. The Bertz CT molecular complexity index is 161. The van der Waals surface area contributed by atoms with E-state index in [-0.39, 0.29) is 6.61 Å². The third kappa shape index (κ3) is 7.73. The van der Waals surface area contributed by atoms with E-state index >= 15 is 0 Å². The van der Waals surface area contributed by atoms with Crippen LogP contribution >= 0.6 is 0 Å². The highest BCUT2D eigenvalue weighted by atomic mass is 16.5. The summed E-state index contributed by atoms with van der Waals surface area (Å²) >= 11 is 0. The molecule has 0 aromatic rings. The minimum absolute atomic E-state index is 0.107. The quantitative estimate of drug-likeness (QED) is 0.297. The Morgan fingerprint density at radius 2 is 1.79 bits per heavy atom. The summed E-state index contributed by atoms with van der Waals surface area (Å²) in [6, 6.07) is 0. The summed E-state index contributed by atoms with van der Waals surface area (Å²) in [7, 11) is 1.58. The molecule has 0 rings (SSSR count). The van der Waals surface area contributed by atoms with Crippen molar-refractivity contribution in [2.45, 2.75) is 38.5 Å². The van der Waals surface area contributed by atoms with Crippen molar-refractivity contribution in [1.29, 1.82) is 5.41 Å². The van der Waals surface area contributed by atoms with Gasteiger partial charge in [0, 0.05) is 5.71 Å². The van der Waals surface area contributed by atoms with Gasteiger partial charge in [-0.25, -0.2) is 5.41 Å². The predicted molar refractivity (Wildman–Crippen MR) is 56.5 cm³/mol. The first-order valence-corrected chi connectivity index (χ1v) is 5.03. The topological polar surface area (TPSA) is 78.9 Å². The maximum atomic E-state index is 8.58. The second-order valence-corrected chi connectivity index (χ2v) is 3.35. The maximum Gasteiger partial charge on any atom is 0.332 e. The number of ether oxygens (including phenoxy) is 1. The zero-order chi connectivity index (χ0) is 10.8. The third-order valence-electron chi connectivity index (χ3n) is 2.10. The average Bonchev–Trinajstić information content (AvgIpc) is 2.22. The third-order valence-corrected chi connectivity index (χ3v) is 2.10. The van der Waals surface area contributed by atoms with Crippen LogP contribution in [0, 0.1) is 5.41 Å². The number of unbranched alkanes of at least 4 members (excludes halogenated alkanes) is 3. The van der Waals surface area contributed by atoms with Gasteiger partial charge >= 0.3 is 5.90 Å². The molecule has 0 aliphatic rings. The van der Waals surface area contributed by atoms with Crippen LogP contribution in [0.3, 0.4) is 0 Å². The molecule has 4 heteroatoms. The Morgan fingerprint density at radius 1 is 1.21 bits per heavy atom. The van der Waals surface area contributed by atoms with E-state index in [1.54, 1.807) is 7.11 Å². The molecule has 4 N–H and O–H groups in total. The molecule has 0 fully saturated rings. The molecule has 0 aliphatic carbocycles. The van der Waals surface area contributed by atoms with Crippen molar-refractivity contribution in [2.24, 2.45) is 0 Å². The lowest BCUT2D eigenvalue weighted by atomic mass is 10.1. The summed E-state index contributed by atoms with van der Waals surface area (Å²) in [5.74, 6) is 0.591. The molecule has 4 nitrogen and oxygen atoms in total. The number of aliphatic hydroxyl groups is 1. The Labute approximate surface area is 85.3 Å². The smallest absolute Gasteiger partial charge is 0.332 e. The number of hydrogen-bond acceptors (Lipinski definition) is 3. The summed E-state index contributed by atoms with van der Waals surface area (Å²) < 4.78 is 4.84. The predicted octanol–water partition coefficient (Wildman–Crippen LogP) is 0.143. The highest BCUT2D eigenvalue weighted by molar-refractivity contribution is 5.82. The lowest BCUT2D eigenvalue weighted by molar-refractivity contribution is -0.140. The first-order chi connectivity index (χ1) is 6.70. The SMILES string of the molecule is COC(=[NH2+])CCCCCCC(=N)CO. The minimum atomic E-state index is -0.107. The Morgan fingerprint density at radius 3 is 2.29 bits per heavy atom. The Kier molecular flexibility index (Phi) is 8.13. The van der Waals surface area contributed by atoms with Gasteiger partial charge in [0.15, 0.2) is 0 Å². The zero-order valence-corrected chi connectivity index (χ0v) is 8.88. The lowest BCUT2D eigenvalue weighted by Gasteiger charge is -2.00. The molecule has 0 heterocycles. The van der Waals surface area contributed by atoms with Crippen LogP contribution in [0.1, 0.15) is 38.5 Å². The van der Waals surface area contributed by atoms with Crippen LogP contribution in [-0.2, 0) is 4.74 Å². The van der Waals surface area contributed by atoms with Gasteiger partial charge in [-0.15, -0.1) is 0 Å². The summed E-state index contributed by atoms with van der Waals surface area (Å²) in [5, 5.41) is 21.3. The Balaban J connectivity index is 3.14.